The van der Waals surface area contributed by atoms with Gasteiger partial charge in [0.1, 0.15) is 29.4 Å². The molecule has 0 radical (unpaired) electrons. The van der Waals surface area contributed by atoms with Crippen molar-refractivity contribution in [1.29, 1.82) is 0 Å². The number of ether oxygens (including phenoxy) is 1. The summed E-state index contributed by atoms with van der Waals surface area (Å²) in [6, 6.07) is 21.7. The zero-order valence-corrected chi connectivity index (χ0v) is 24.4. The maximum Gasteiger partial charge on any atom is 0.405 e. The molecule has 224 valence electrons. The van der Waals surface area contributed by atoms with Crippen LogP contribution in [0.25, 0.3) is 10.8 Å². The summed E-state index contributed by atoms with van der Waals surface area (Å²) in [6.45, 7) is 3.00. The van der Waals surface area contributed by atoms with Gasteiger partial charge in [-0.15, -0.1) is 0 Å². The molecule has 1 fully saturated rings. The molecule has 2 aliphatic rings. The van der Waals surface area contributed by atoms with E-state index in [1.54, 1.807) is 18.0 Å². The summed E-state index contributed by atoms with van der Waals surface area (Å²) < 4.78 is 6.03. The van der Waals surface area contributed by atoms with Crippen LogP contribution in [0.4, 0.5) is 4.79 Å². The lowest BCUT2D eigenvalue weighted by Gasteiger charge is -2.40. The second-order valence-electron chi connectivity index (χ2n) is 11.5. The number of amides is 4. The fraction of sp³-hybridized carbons (Fsp3) is 0.344. The van der Waals surface area contributed by atoms with Crippen molar-refractivity contribution in [2.75, 3.05) is 26.7 Å². The topological polar surface area (TPSA) is 141 Å². The first-order valence-electron chi connectivity index (χ1n) is 14.1. The molecule has 0 aliphatic carbocycles. The van der Waals surface area contributed by atoms with E-state index in [1.807, 2.05) is 66.7 Å². The molecule has 1 saturated heterocycles. The first-order chi connectivity index (χ1) is 20.5. The monoisotopic (exact) mass is 585 g/mol. The third kappa shape index (κ3) is 6.15. The van der Waals surface area contributed by atoms with Gasteiger partial charge in [0.2, 0.25) is 11.8 Å². The number of hydrogen-bond acceptors (Lipinski definition) is 6. The third-order valence-electron chi connectivity index (χ3n) is 7.99. The van der Waals surface area contributed by atoms with E-state index < -0.39 is 34.9 Å². The molecule has 3 aromatic rings. The van der Waals surface area contributed by atoms with Crippen molar-refractivity contribution >= 4 is 40.3 Å². The minimum atomic E-state index is -1.52. The number of fused-ring (bicyclic) bond motifs is 2. The maximum absolute atomic E-state index is 14.1. The number of nitrogens with zero attached hydrogens (tertiary/aromatic N) is 3. The van der Waals surface area contributed by atoms with E-state index in [4.69, 9.17) is 4.74 Å². The fourth-order valence-electron chi connectivity index (χ4n) is 5.71. The van der Waals surface area contributed by atoms with Crippen molar-refractivity contribution in [3.63, 3.8) is 0 Å². The number of nitrogens with one attached hydrogen (secondary N) is 2. The molecule has 4 amide bonds. The smallest absolute Gasteiger partial charge is 0.405 e. The summed E-state index contributed by atoms with van der Waals surface area (Å²) in [7, 11) is 1.62. The Morgan fingerprint density at radius 1 is 1.05 bits per heavy atom. The molecular weight excluding hydrogens is 550 g/mol. The Kier molecular flexibility index (Phi) is 8.08. The molecule has 11 nitrogen and oxygen atoms in total. The van der Waals surface area contributed by atoms with E-state index in [1.165, 1.54) is 18.9 Å². The van der Waals surface area contributed by atoms with Gasteiger partial charge in [0.25, 0.3) is 5.91 Å². The highest BCUT2D eigenvalue weighted by Crippen LogP contribution is 2.38. The van der Waals surface area contributed by atoms with E-state index in [0.29, 0.717) is 25.1 Å². The average molecular weight is 586 g/mol. The number of carboxylic acid groups (broad SMARTS) is 1. The molecule has 2 atom stereocenters. The van der Waals surface area contributed by atoms with Crippen LogP contribution >= 0.6 is 0 Å². The van der Waals surface area contributed by atoms with E-state index >= 15 is 0 Å². The lowest BCUT2D eigenvalue weighted by molar-refractivity contribution is -0.143. The van der Waals surface area contributed by atoms with Crippen molar-refractivity contribution in [3.05, 3.63) is 78.4 Å². The normalized spacial score (nSPS) is 19.0. The number of hydrazone groups is 1. The van der Waals surface area contributed by atoms with Crippen molar-refractivity contribution in [1.82, 2.24) is 20.5 Å². The lowest BCUT2D eigenvalue weighted by atomic mass is 9.73. The Labute approximate surface area is 249 Å². The number of piperidine rings is 1. The first kappa shape index (κ1) is 29.6. The van der Waals surface area contributed by atoms with Crippen LogP contribution in [-0.4, -0.2) is 82.9 Å². The van der Waals surface area contributed by atoms with Gasteiger partial charge in [0.05, 0.1) is 5.71 Å². The van der Waals surface area contributed by atoms with Gasteiger partial charge in [0, 0.05) is 26.6 Å². The van der Waals surface area contributed by atoms with Gasteiger partial charge in [-0.3, -0.25) is 14.4 Å². The average Bonchev–Trinajstić information content (AvgIpc) is 3.22. The molecule has 5 rings (SSSR count). The van der Waals surface area contributed by atoms with E-state index in [0.717, 1.165) is 22.0 Å². The van der Waals surface area contributed by atoms with Crippen molar-refractivity contribution in [3.8, 4) is 5.75 Å². The molecular formula is C32H35N5O6. The van der Waals surface area contributed by atoms with Crippen LogP contribution in [0.1, 0.15) is 25.8 Å². The number of likely N-dealkylation sites (tertiary alicyclic amines) is 1. The number of rotatable bonds is 9. The number of benzene rings is 3. The minimum Gasteiger partial charge on any atom is -0.491 e. The van der Waals surface area contributed by atoms with Gasteiger partial charge in [0.15, 0.2) is 0 Å². The van der Waals surface area contributed by atoms with Crippen LogP contribution in [0.2, 0.25) is 0 Å². The molecule has 2 heterocycles. The highest BCUT2D eigenvalue weighted by molar-refractivity contribution is 6.13. The summed E-state index contributed by atoms with van der Waals surface area (Å²) in [5.41, 5.74) is -0.873. The predicted octanol–water partition coefficient (Wildman–Crippen LogP) is 3.04. The molecule has 0 aromatic heterocycles. The van der Waals surface area contributed by atoms with Crippen molar-refractivity contribution < 1.29 is 29.0 Å². The Morgan fingerprint density at radius 2 is 1.74 bits per heavy atom. The van der Waals surface area contributed by atoms with Crippen LogP contribution in [-0.2, 0) is 20.8 Å². The molecule has 0 saturated carbocycles. The van der Waals surface area contributed by atoms with Gasteiger partial charge >= 0.3 is 6.09 Å². The maximum atomic E-state index is 14.1. The summed E-state index contributed by atoms with van der Waals surface area (Å²) in [5, 5.41) is 21.9. The molecule has 0 bridgehead atoms. The van der Waals surface area contributed by atoms with Gasteiger partial charge in [-0.1, -0.05) is 60.7 Å². The Balaban J connectivity index is 1.41. The summed E-state index contributed by atoms with van der Waals surface area (Å²) >= 11 is 0. The molecule has 0 unspecified atom stereocenters. The van der Waals surface area contributed by atoms with Crippen LogP contribution in [0.5, 0.6) is 5.75 Å². The number of carbonyl (C=O) groups is 4. The highest BCUT2D eigenvalue weighted by Gasteiger charge is 2.54. The molecule has 2 aliphatic heterocycles. The largest absolute Gasteiger partial charge is 0.491 e. The zero-order chi connectivity index (χ0) is 30.8. The Bertz CT molecular complexity index is 1590. The second-order valence-corrected chi connectivity index (χ2v) is 11.5. The minimum absolute atomic E-state index is 0.0852. The van der Waals surface area contributed by atoms with Gasteiger partial charge in [-0.25, -0.2) is 9.80 Å². The van der Waals surface area contributed by atoms with Crippen LogP contribution in [0.3, 0.4) is 0 Å². The SMILES string of the molecule is CN1N=C2CCN(C(=O)[C@@H](COc3ccc4ccccc4c3)NC(=O)C(C)(C)NC(=O)O)C[C@@]2(Cc2ccccc2)C1=O. The fourth-order valence-corrected chi connectivity index (χ4v) is 5.71. The standard InChI is InChI=1S/C32H35N5O6/c1-31(2,34-30(41)42)28(39)33-25(19-43-24-14-13-22-11-7-8-12-23(22)17-24)27(38)37-16-15-26-32(20-37,29(40)36(3)35-26)18-21-9-5-4-6-10-21/h4-14,17,25,34H,15-16,18-20H2,1-3H3,(H,33,39)(H,41,42)/t25-,32-/m1/s1. The molecule has 0 spiro atoms. The quantitative estimate of drug-likeness (QED) is 0.353. The van der Waals surface area contributed by atoms with E-state index in [9.17, 15) is 24.3 Å². The Hall–Kier alpha value is -4.93. The number of carbonyl (C=O) groups excluding carboxylic acids is 3. The summed E-state index contributed by atoms with van der Waals surface area (Å²) in [5.74, 6) is -0.807. The van der Waals surface area contributed by atoms with E-state index in [-0.39, 0.29) is 19.1 Å². The predicted molar refractivity (Wildman–Crippen MR) is 161 cm³/mol. The van der Waals surface area contributed by atoms with Gasteiger partial charge in [-0.2, -0.15) is 5.10 Å². The van der Waals surface area contributed by atoms with Gasteiger partial charge < -0.3 is 25.4 Å². The molecule has 3 N–H and O–H groups in total. The molecule has 43 heavy (non-hydrogen) atoms. The van der Waals surface area contributed by atoms with Crippen LogP contribution in [0, 0.1) is 5.41 Å². The zero-order valence-electron chi connectivity index (χ0n) is 24.4. The van der Waals surface area contributed by atoms with Gasteiger partial charge in [-0.05, 0) is 48.7 Å². The van der Waals surface area contributed by atoms with Crippen LogP contribution < -0.4 is 15.4 Å². The van der Waals surface area contributed by atoms with E-state index in [2.05, 4.69) is 15.7 Å². The Morgan fingerprint density at radius 3 is 2.47 bits per heavy atom. The third-order valence-corrected chi connectivity index (χ3v) is 7.99. The summed E-state index contributed by atoms with van der Waals surface area (Å²) in [4.78, 5) is 53.8. The van der Waals surface area contributed by atoms with Crippen LogP contribution in [0.15, 0.2) is 77.9 Å². The molecule has 3 aromatic carbocycles. The molecule has 11 heteroatoms. The first-order valence-corrected chi connectivity index (χ1v) is 14.1. The summed E-state index contributed by atoms with van der Waals surface area (Å²) in [6.07, 6.45) is -0.600. The van der Waals surface area contributed by atoms with Crippen molar-refractivity contribution in [2.24, 2.45) is 10.5 Å². The van der Waals surface area contributed by atoms with Crippen molar-refractivity contribution in [2.45, 2.75) is 38.3 Å². The highest BCUT2D eigenvalue weighted by atomic mass is 16.5. The number of hydrogen-bond donors (Lipinski definition) is 3. The second kappa shape index (κ2) is 11.7. The lowest BCUT2D eigenvalue weighted by Crippen LogP contribution is -2.62.